The molecule has 0 unspecified atom stereocenters. The Labute approximate surface area is 114 Å². The summed E-state index contributed by atoms with van der Waals surface area (Å²) in [5.41, 5.74) is 0. The maximum absolute atomic E-state index is 12.0. The predicted octanol–water partition coefficient (Wildman–Crippen LogP) is 0.833. The van der Waals surface area contributed by atoms with Crippen LogP contribution in [0.3, 0.4) is 0 Å². The van der Waals surface area contributed by atoms with Gasteiger partial charge in [-0.15, -0.1) is 0 Å². The van der Waals surface area contributed by atoms with Crippen molar-refractivity contribution < 1.29 is 14.7 Å². The first-order valence-corrected chi connectivity index (χ1v) is 6.96. The maximum Gasteiger partial charge on any atom is 0.326 e. The molecule has 1 aliphatic rings. The average Bonchev–Trinajstić information content (AvgIpc) is 2.36. The molecule has 1 saturated heterocycles. The van der Waals surface area contributed by atoms with Crippen LogP contribution in [0.15, 0.2) is 0 Å². The van der Waals surface area contributed by atoms with Crippen LogP contribution in [0.25, 0.3) is 0 Å². The van der Waals surface area contributed by atoms with Crippen LogP contribution in [0.1, 0.15) is 27.2 Å². The van der Waals surface area contributed by atoms with Gasteiger partial charge in [0.15, 0.2) is 0 Å². The normalized spacial score (nSPS) is 18.4. The number of nitrogens with one attached hydrogen (secondary N) is 1. The molecule has 1 atom stereocenters. The van der Waals surface area contributed by atoms with Crippen LogP contribution in [0, 0.1) is 5.92 Å². The van der Waals surface area contributed by atoms with E-state index < -0.39 is 12.0 Å². The van der Waals surface area contributed by atoms with Crippen molar-refractivity contribution >= 4 is 12.0 Å². The molecule has 0 saturated carbocycles. The Balaban J connectivity index is 2.44. The van der Waals surface area contributed by atoms with E-state index in [0.717, 1.165) is 26.1 Å². The molecule has 0 radical (unpaired) electrons. The molecule has 1 rings (SSSR count). The van der Waals surface area contributed by atoms with E-state index in [-0.39, 0.29) is 11.9 Å². The van der Waals surface area contributed by atoms with Crippen LogP contribution < -0.4 is 5.32 Å². The number of carbonyl (C=O) groups excluding carboxylic acids is 1. The van der Waals surface area contributed by atoms with E-state index >= 15 is 0 Å². The Hall–Kier alpha value is -1.30. The molecule has 2 N–H and O–H groups in total. The molecule has 1 aliphatic heterocycles. The summed E-state index contributed by atoms with van der Waals surface area (Å²) in [6.45, 7) is 9.82. The number of nitrogens with zero attached hydrogens (tertiary/aromatic N) is 2. The number of carboxylic acids is 1. The molecule has 1 heterocycles. The summed E-state index contributed by atoms with van der Waals surface area (Å²) in [5.74, 6) is -1.10. The molecule has 0 aromatic carbocycles. The average molecular weight is 271 g/mol. The summed E-state index contributed by atoms with van der Waals surface area (Å²) in [6, 6.07) is -1.08. The molecule has 19 heavy (non-hydrogen) atoms. The van der Waals surface area contributed by atoms with Crippen molar-refractivity contribution in [1.82, 2.24) is 15.1 Å². The van der Waals surface area contributed by atoms with E-state index in [0.29, 0.717) is 13.1 Å². The fraction of sp³-hybridized carbons (Fsp3) is 0.846. The summed E-state index contributed by atoms with van der Waals surface area (Å²) in [4.78, 5) is 27.1. The van der Waals surface area contributed by atoms with Gasteiger partial charge in [-0.1, -0.05) is 20.8 Å². The first-order valence-electron chi connectivity index (χ1n) is 6.96. The Morgan fingerprint density at radius 3 is 2.21 bits per heavy atom. The minimum atomic E-state index is -0.979. The third-order valence-electron chi connectivity index (χ3n) is 3.41. The van der Waals surface area contributed by atoms with Crippen LogP contribution in [-0.4, -0.2) is 65.7 Å². The maximum atomic E-state index is 12.0. The highest BCUT2D eigenvalue weighted by Crippen LogP contribution is 2.06. The Bertz CT molecular complexity index is 312. The zero-order chi connectivity index (χ0) is 14.4. The van der Waals surface area contributed by atoms with Crippen molar-refractivity contribution in [2.75, 3.05) is 32.7 Å². The smallest absolute Gasteiger partial charge is 0.326 e. The van der Waals surface area contributed by atoms with Gasteiger partial charge in [-0.25, -0.2) is 9.59 Å². The first-order chi connectivity index (χ1) is 8.95. The van der Waals surface area contributed by atoms with E-state index in [1.54, 1.807) is 18.7 Å². The van der Waals surface area contributed by atoms with Gasteiger partial charge in [-0.2, -0.15) is 0 Å². The Kier molecular flexibility index (Phi) is 6.08. The minimum Gasteiger partial charge on any atom is -0.480 e. The predicted molar refractivity (Wildman–Crippen MR) is 73.1 cm³/mol. The molecule has 110 valence electrons. The van der Waals surface area contributed by atoms with Gasteiger partial charge >= 0.3 is 12.0 Å². The number of hydrogen-bond donors (Lipinski definition) is 2. The van der Waals surface area contributed by atoms with E-state index in [4.69, 9.17) is 5.11 Å². The molecular formula is C13H25N3O3. The molecule has 1 fully saturated rings. The summed E-state index contributed by atoms with van der Waals surface area (Å²) >= 11 is 0. The molecule has 0 aromatic rings. The fourth-order valence-corrected chi connectivity index (χ4v) is 2.23. The number of piperazine rings is 1. The van der Waals surface area contributed by atoms with Crippen molar-refractivity contribution in [1.29, 1.82) is 0 Å². The lowest BCUT2D eigenvalue weighted by molar-refractivity contribution is -0.140. The number of carbonyl (C=O) groups is 2. The van der Waals surface area contributed by atoms with Gasteiger partial charge < -0.3 is 15.3 Å². The van der Waals surface area contributed by atoms with Crippen LogP contribution >= 0.6 is 0 Å². The molecule has 0 spiro atoms. The summed E-state index contributed by atoms with van der Waals surface area (Å²) in [6.07, 6.45) is 1.11. The lowest BCUT2D eigenvalue weighted by Crippen LogP contribution is -2.55. The molecular weight excluding hydrogens is 246 g/mol. The van der Waals surface area contributed by atoms with Gasteiger partial charge in [0.1, 0.15) is 6.04 Å². The number of aliphatic carboxylic acids is 1. The quantitative estimate of drug-likeness (QED) is 0.777. The Morgan fingerprint density at radius 2 is 1.79 bits per heavy atom. The van der Waals surface area contributed by atoms with Crippen molar-refractivity contribution in [3.63, 3.8) is 0 Å². The van der Waals surface area contributed by atoms with Gasteiger partial charge in [-0.05, 0) is 18.9 Å². The largest absolute Gasteiger partial charge is 0.480 e. The Morgan fingerprint density at radius 1 is 1.21 bits per heavy atom. The second-order valence-corrected chi connectivity index (χ2v) is 5.34. The van der Waals surface area contributed by atoms with E-state index in [1.807, 2.05) is 0 Å². The minimum absolute atomic E-state index is 0.122. The van der Waals surface area contributed by atoms with Gasteiger partial charge in [-0.3, -0.25) is 4.90 Å². The monoisotopic (exact) mass is 271 g/mol. The number of hydrogen-bond acceptors (Lipinski definition) is 3. The second-order valence-electron chi connectivity index (χ2n) is 5.34. The molecule has 6 heteroatoms. The van der Waals surface area contributed by atoms with Gasteiger partial charge in [0.05, 0.1) is 0 Å². The van der Waals surface area contributed by atoms with Crippen molar-refractivity contribution in [2.45, 2.75) is 33.2 Å². The van der Waals surface area contributed by atoms with E-state index in [2.05, 4.69) is 17.1 Å². The number of urea groups is 1. The van der Waals surface area contributed by atoms with Crippen molar-refractivity contribution in [3.05, 3.63) is 0 Å². The molecule has 0 aliphatic carbocycles. The van der Waals surface area contributed by atoms with Gasteiger partial charge in [0.25, 0.3) is 0 Å². The second kappa shape index (κ2) is 7.33. The summed E-state index contributed by atoms with van der Waals surface area (Å²) < 4.78 is 0. The van der Waals surface area contributed by atoms with Gasteiger partial charge in [0, 0.05) is 26.2 Å². The summed E-state index contributed by atoms with van der Waals surface area (Å²) in [7, 11) is 0. The van der Waals surface area contributed by atoms with Crippen LogP contribution in [-0.2, 0) is 4.79 Å². The summed E-state index contributed by atoms with van der Waals surface area (Å²) in [5, 5.41) is 11.7. The number of carboxylic acid groups (broad SMARTS) is 1. The first kappa shape index (κ1) is 15.8. The van der Waals surface area contributed by atoms with Crippen molar-refractivity contribution in [2.24, 2.45) is 5.92 Å². The fourth-order valence-electron chi connectivity index (χ4n) is 2.23. The topological polar surface area (TPSA) is 72.9 Å². The SMILES string of the molecule is CCCN1CCN(C(=O)N[C@H](C(=O)O)C(C)C)CC1. The highest BCUT2D eigenvalue weighted by molar-refractivity contribution is 5.82. The molecule has 2 amide bonds. The van der Waals surface area contributed by atoms with Crippen LogP contribution in [0.4, 0.5) is 4.79 Å². The molecule has 6 nitrogen and oxygen atoms in total. The third-order valence-corrected chi connectivity index (χ3v) is 3.41. The molecule has 0 bridgehead atoms. The van der Waals surface area contributed by atoms with Crippen LogP contribution in [0.5, 0.6) is 0 Å². The van der Waals surface area contributed by atoms with E-state index in [9.17, 15) is 9.59 Å². The highest BCUT2D eigenvalue weighted by Gasteiger charge is 2.27. The highest BCUT2D eigenvalue weighted by atomic mass is 16.4. The lowest BCUT2D eigenvalue weighted by Gasteiger charge is -2.35. The van der Waals surface area contributed by atoms with E-state index in [1.165, 1.54) is 0 Å². The van der Waals surface area contributed by atoms with Crippen LogP contribution in [0.2, 0.25) is 0 Å². The zero-order valence-corrected chi connectivity index (χ0v) is 12.1. The lowest BCUT2D eigenvalue weighted by atomic mass is 10.1. The zero-order valence-electron chi connectivity index (χ0n) is 12.1. The number of rotatable bonds is 5. The standard InChI is InChI=1S/C13H25N3O3/c1-4-5-15-6-8-16(9-7-15)13(19)14-11(10(2)3)12(17)18/h10-11H,4-9H2,1-3H3,(H,14,19)(H,17,18)/t11-/m0/s1. The molecule has 0 aromatic heterocycles. The third kappa shape index (κ3) is 4.70. The van der Waals surface area contributed by atoms with Gasteiger partial charge in [0.2, 0.25) is 0 Å². The number of amides is 2. The van der Waals surface area contributed by atoms with Crippen molar-refractivity contribution in [3.8, 4) is 0 Å².